The molecule has 0 saturated carbocycles. The zero-order chi connectivity index (χ0) is 22.5. The number of amides is 1. The van der Waals surface area contributed by atoms with E-state index in [0.29, 0.717) is 17.8 Å². The summed E-state index contributed by atoms with van der Waals surface area (Å²) in [4.78, 5) is 47.4. The Kier molecular flexibility index (Phi) is 6.43. The van der Waals surface area contributed by atoms with Crippen LogP contribution in [0.2, 0.25) is 0 Å². The van der Waals surface area contributed by atoms with Crippen LogP contribution in [0.15, 0.2) is 42.5 Å². The third kappa shape index (κ3) is 4.77. The van der Waals surface area contributed by atoms with Crippen LogP contribution in [-0.2, 0) is 9.53 Å². The molecular weight excluding hydrogens is 408 g/mol. The second-order valence-corrected chi connectivity index (χ2v) is 6.81. The molecule has 2 aromatic rings. The van der Waals surface area contributed by atoms with Gasteiger partial charge in [-0.2, -0.15) is 0 Å². The number of nitrogens with zero attached hydrogens (tertiary/aromatic N) is 3. The van der Waals surface area contributed by atoms with Crippen molar-refractivity contribution >= 4 is 34.6 Å². The summed E-state index contributed by atoms with van der Waals surface area (Å²) in [5.74, 6) is -0.866. The van der Waals surface area contributed by atoms with Crippen molar-refractivity contribution < 1.29 is 24.2 Å². The van der Waals surface area contributed by atoms with E-state index in [1.54, 1.807) is 11.8 Å². The topological polar surface area (TPSA) is 145 Å². The summed E-state index contributed by atoms with van der Waals surface area (Å²) in [6, 6.07) is 9.31. The fraction of sp³-hybridized carbons (Fsp3) is 0.300. The Balaban J connectivity index is 2.06. The maximum absolute atomic E-state index is 12.6. The van der Waals surface area contributed by atoms with Gasteiger partial charge >= 0.3 is 5.97 Å². The minimum atomic E-state index is -0.590. The van der Waals surface area contributed by atoms with Gasteiger partial charge in [0.2, 0.25) is 0 Å². The lowest BCUT2D eigenvalue weighted by atomic mass is 10.1. The number of hydrogen-bond donors (Lipinski definition) is 1. The Morgan fingerprint density at radius 3 is 2.39 bits per heavy atom. The van der Waals surface area contributed by atoms with Gasteiger partial charge in [-0.15, -0.1) is 0 Å². The number of non-ortho nitro benzene ring substituents is 2. The maximum atomic E-state index is 12.6. The molecule has 1 unspecified atom stereocenters. The molecule has 0 bridgehead atoms. The van der Waals surface area contributed by atoms with Crippen molar-refractivity contribution in [1.82, 2.24) is 5.32 Å². The molecule has 1 atom stereocenters. The van der Waals surface area contributed by atoms with Gasteiger partial charge in [0.05, 0.1) is 33.7 Å². The summed E-state index contributed by atoms with van der Waals surface area (Å²) in [5.41, 5.74) is 0.725. The number of nitro benzene ring substituents is 2. The lowest BCUT2D eigenvalue weighted by molar-refractivity contribution is -0.385. The summed E-state index contributed by atoms with van der Waals surface area (Å²) >= 11 is 0. The number of rotatable bonds is 7. The summed E-state index contributed by atoms with van der Waals surface area (Å²) in [5, 5.41) is 24.9. The van der Waals surface area contributed by atoms with Crippen molar-refractivity contribution in [2.24, 2.45) is 0 Å². The van der Waals surface area contributed by atoms with E-state index in [0.717, 1.165) is 0 Å². The fourth-order valence-electron chi connectivity index (χ4n) is 3.46. The summed E-state index contributed by atoms with van der Waals surface area (Å²) < 4.78 is 4.99. The van der Waals surface area contributed by atoms with E-state index >= 15 is 0 Å². The average Bonchev–Trinajstić information content (AvgIpc) is 2.88. The first kappa shape index (κ1) is 21.7. The molecule has 1 aliphatic heterocycles. The lowest BCUT2D eigenvalue weighted by Crippen LogP contribution is -2.38. The van der Waals surface area contributed by atoms with Gasteiger partial charge in [0, 0.05) is 42.9 Å². The molecule has 0 saturated heterocycles. The number of carbonyl (C=O) groups excluding carboxylic acids is 2. The van der Waals surface area contributed by atoms with Gasteiger partial charge in [-0.3, -0.25) is 29.8 Å². The smallest absolute Gasteiger partial charge is 0.305 e. The van der Waals surface area contributed by atoms with E-state index in [2.05, 4.69) is 5.32 Å². The first-order valence-electron chi connectivity index (χ1n) is 9.57. The van der Waals surface area contributed by atoms with Gasteiger partial charge in [0.25, 0.3) is 17.3 Å². The van der Waals surface area contributed by atoms with Gasteiger partial charge in [-0.05, 0) is 31.5 Å². The van der Waals surface area contributed by atoms with E-state index in [4.69, 9.17) is 4.74 Å². The van der Waals surface area contributed by atoms with Gasteiger partial charge in [0.1, 0.15) is 0 Å². The molecule has 1 heterocycles. The number of nitro groups is 2. The third-order valence-electron chi connectivity index (χ3n) is 4.88. The highest BCUT2D eigenvalue weighted by Gasteiger charge is 2.31. The molecule has 0 aliphatic carbocycles. The van der Waals surface area contributed by atoms with Crippen LogP contribution < -0.4 is 10.2 Å². The van der Waals surface area contributed by atoms with Crippen LogP contribution in [0.4, 0.5) is 22.7 Å². The molecule has 0 radical (unpaired) electrons. The molecule has 1 aliphatic rings. The molecule has 0 spiro atoms. The van der Waals surface area contributed by atoms with E-state index in [1.165, 1.54) is 42.5 Å². The van der Waals surface area contributed by atoms with Crippen LogP contribution in [0.25, 0.3) is 0 Å². The number of fused-ring (bicyclic) bond motifs is 1. The molecule has 31 heavy (non-hydrogen) atoms. The van der Waals surface area contributed by atoms with Crippen molar-refractivity contribution in [3.8, 4) is 0 Å². The number of anilines is 2. The minimum Gasteiger partial charge on any atom is -0.466 e. The summed E-state index contributed by atoms with van der Waals surface area (Å²) in [6.07, 6.45) is 0.423. The van der Waals surface area contributed by atoms with Crippen LogP contribution in [-0.4, -0.2) is 40.9 Å². The number of hydrogen-bond acceptors (Lipinski definition) is 8. The second-order valence-electron chi connectivity index (χ2n) is 6.81. The molecule has 2 aromatic carbocycles. The van der Waals surface area contributed by atoms with Crippen LogP contribution in [0.1, 0.15) is 30.1 Å². The van der Waals surface area contributed by atoms with Gasteiger partial charge in [-0.25, -0.2) is 0 Å². The van der Waals surface area contributed by atoms with Crippen LogP contribution in [0, 0.1) is 20.2 Å². The van der Waals surface area contributed by atoms with Gasteiger partial charge in [0.15, 0.2) is 0 Å². The molecule has 1 N–H and O–H groups in total. The predicted molar refractivity (Wildman–Crippen MR) is 110 cm³/mol. The van der Waals surface area contributed by atoms with Crippen molar-refractivity contribution in [3.05, 3.63) is 68.3 Å². The SMILES string of the molecule is CCOC(=O)CCC1CNC(=O)c2cc([N+](=O)[O-])ccc2N1c1ccc([N+](=O)[O-])cc1. The van der Waals surface area contributed by atoms with E-state index in [1.807, 2.05) is 0 Å². The highest BCUT2D eigenvalue weighted by atomic mass is 16.6. The third-order valence-corrected chi connectivity index (χ3v) is 4.88. The van der Waals surface area contributed by atoms with E-state index in [-0.39, 0.29) is 42.5 Å². The number of esters is 1. The molecular formula is C20H20N4O7. The number of ether oxygens (including phenoxy) is 1. The van der Waals surface area contributed by atoms with E-state index < -0.39 is 21.8 Å². The molecule has 0 fully saturated rings. The Morgan fingerprint density at radius 2 is 1.77 bits per heavy atom. The minimum absolute atomic E-state index is 0.0974. The summed E-state index contributed by atoms with van der Waals surface area (Å²) in [6.45, 7) is 2.12. The molecule has 11 nitrogen and oxygen atoms in total. The van der Waals surface area contributed by atoms with Gasteiger partial charge < -0.3 is 15.0 Å². The van der Waals surface area contributed by atoms with Crippen LogP contribution >= 0.6 is 0 Å². The van der Waals surface area contributed by atoms with Crippen LogP contribution in [0.3, 0.4) is 0 Å². The Hall–Kier alpha value is -4.02. The monoisotopic (exact) mass is 428 g/mol. The highest BCUT2D eigenvalue weighted by Crippen LogP contribution is 2.36. The molecule has 3 rings (SSSR count). The van der Waals surface area contributed by atoms with Crippen molar-refractivity contribution in [2.45, 2.75) is 25.8 Å². The Bertz CT molecular complexity index is 1020. The quantitative estimate of drug-likeness (QED) is 0.402. The average molecular weight is 428 g/mol. The fourth-order valence-corrected chi connectivity index (χ4v) is 3.46. The predicted octanol–water partition coefficient (Wildman–Crippen LogP) is 3.10. The first-order chi connectivity index (χ1) is 14.8. The molecule has 11 heteroatoms. The van der Waals surface area contributed by atoms with E-state index in [9.17, 15) is 29.8 Å². The number of benzene rings is 2. The normalized spacial score (nSPS) is 15.5. The molecule has 1 amide bonds. The van der Waals surface area contributed by atoms with Crippen LogP contribution in [0.5, 0.6) is 0 Å². The molecule has 0 aromatic heterocycles. The highest BCUT2D eigenvalue weighted by molar-refractivity contribution is 6.02. The first-order valence-corrected chi connectivity index (χ1v) is 9.57. The summed E-state index contributed by atoms with van der Waals surface area (Å²) in [7, 11) is 0. The van der Waals surface area contributed by atoms with Crippen molar-refractivity contribution in [2.75, 3.05) is 18.1 Å². The van der Waals surface area contributed by atoms with Crippen molar-refractivity contribution in [3.63, 3.8) is 0 Å². The maximum Gasteiger partial charge on any atom is 0.305 e. The molecule has 162 valence electrons. The number of nitrogens with one attached hydrogen (secondary N) is 1. The zero-order valence-electron chi connectivity index (χ0n) is 16.6. The van der Waals surface area contributed by atoms with Crippen molar-refractivity contribution in [1.29, 1.82) is 0 Å². The zero-order valence-corrected chi connectivity index (χ0v) is 16.6. The standard InChI is InChI=1S/C20H20N4O7/c1-2-31-19(25)10-8-16-12-21-20(26)17-11-15(24(29)30)7-9-18(17)22(16)13-3-5-14(6-4-13)23(27)28/h3-7,9,11,16H,2,8,10,12H2,1H3,(H,21,26). The largest absolute Gasteiger partial charge is 0.466 e. The second kappa shape index (κ2) is 9.20. The Labute approximate surface area is 176 Å². The number of carbonyl (C=O) groups is 2. The lowest BCUT2D eigenvalue weighted by Gasteiger charge is -2.32. The Morgan fingerprint density at radius 1 is 1.13 bits per heavy atom. The van der Waals surface area contributed by atoms with Gasteiger partial charge in [-0.1, -0.05) is 0 Å².